The second-order valence-electron chi connectivity index (χ2n) is 10.1. The molecule has 0 aliphatic carbocycles. The lowest BCUT2D eigenvalue weighted by molar-refractivity contribution is 0.464. The zero-order valence-electron chi connectivity index (χ0n) is 20.9. The molecule has 0 unspecified atom stereocenters. The van der Waals surface area contributed by atoms with E-state index in [1.165, 1.54) is 6.07 Å². The lowest BCUT2D eigenvalue weighted by Crippen LogP contribution is -2.24. The molecule has 4 aromatic heterocycles. The number of phenols is 1. The highest BCUT2D eigenvalue weighted by Gasteiger charge is 2.26. The third-order valence-electron chi connectivity index (χ3n) is 6.78. The standard InChI is InChI=1S/C28H26N4O5/c1-13(2)12-31-18-8-6-5-7-15(18)11-17(28(31)36)20-21-26(32(14(3)4)30-27(21)35)29-22-16-9-10-19(33)23(34)24(16)37-25(20)22/h5-11,13-14,29,34H,12H2,1-4H3,(H,30,35). The third kappa shape index (κ3) is 3.27. The predicted octanol–water partition coefficient (Wildman–Crippen LogP) is 4.84. The number of hydrogen-bond acceptors (Lipinski definition) is 5. The molecular weight excluding hydrogens is 472 g/mol. The molecule has 0 atom stereocenters. The summed E-state index contributed by atoms with van der Waals surface area (Å²) in [5.41, 5.74) is 1.39. The molecule has 9 heteroatoms. The second kappa shape index (κ2) is 7.99. The molecule has 0 saturated heterocycles. The summed E-state index contributed by atoms with van der Waals surface area (Å²) in [6.07, 6.45) is 0. The molecule has 3 N–H and O–H groups in total. The monoisotopic (exact) mass is 498 g/mol. The van der Waals surface area contributed by atoms with Crippen LogP contribution in [0.5, 0.6) is 5.75 Å². The number of phenolic OH excluding ortho intramolecular Hbond substituents is 1. The average Bonchev–Trinajstić information content (AvgIpc) is 3.40. The van der Waals surface area contributed by atoms with Crippen LogP contribution in [0.2, 0.25) is 0 Å². The van der Waals surface area contributed by atoms with E-state index < -0.39 is 11.2 Å². The number of hydrogen-bond donors (Lipinski definition) is 3. The van der Waals surface area contributed by atoms with Crippen LogP contribution in [-0.2, 0) is 6.54 Å². The van der Waals surface area contributed by atoms with Crippen molar-refractivity contribution >= 4 is 44.0 Å². The van der Waals surface area contributed by atoms with Gasteiger partial charge in [-0.25, -0.2) is 0 Å². The number of aromatic nitrogens is 4. The van der Waals surface area contributed by atoms with E-state index in [1.807, 2.05) is 52.0 Å². The number of H-pyrrole nitrogens is 2. The van der Waals surface area contributed by atoms with Crippen molar-refractivity contribution in [3.63, 3.8) is 0 Å². The molecule has 188 valence electrons. The summed E-state index contributed by atoms with van der Waals surface area (Å²) in [5, 5.41) is 14.9. The highest BCUT2D eigenvalue weighted by molar-refractivity contribution is 6.15. The number of fused-ring (bicyclic) bond motifs is 5. The fraction of sp³-hybridized carbons (Fsp3) is 0.250. The first-order valence-electron chi connectivity index (χ1n) is 12.2. The Bertz CT molecular complexity index is 2050. The van der Waals surface area contributed by atoms with Gasteiger partial charge >= 0.3 is 0 Å². The van der Waals surface area contributed by atoms with Gasteiger partial charge < -0.3 is 19.1 Å². The maximum Gasteiger partial charge on any atom is 0.274 e. The van der Waals surface area contributed by atoms with Gasteiger partial charge in [-0.3, -0.25) is 24.2 Å². The number of aromatic hydroxyl groups is 1. The number of furan rings is 1. The number of rotatable bonds is 4. The van der Waals surface area contributed by atoms with Crippen LogP contribution >= 0.6 is 0 Å². The van der Waals surface area contributed by atoms with E-state index in [9.17, 15) is 19.5 Å². The van der Waals surface area contributed by atoms with Gasteiger partial charge in [0.1, 0.15) is 5.65 Å². The summed E-state index contributed by atoms with van der Waals surface area (Å²) >= 11 is 0. The molecule has 0 aliphatic heterocycles. The van der Waals surface area contributed by atoms with Crippen molar-refractivity contribution in [2.75, 3.05) is 0 Å². The number of nitrogens with one attached hydrogen (secondary N) is 2. The van der Waals surface area contributed by atoms with E-state index in [1.54, 1.807) is 21.4 Å². The first kappa shape index (κ1) is 22.9. The van der Waals surface area contributed by atoms with Crippen molar-refractivity contribution in [1.82, 2.24) is 19.3 Å². The topological polar surface area (TPSA) is 126 Å². The van der Waals surface area contributed by atoms with Crippen LogP contribution in [0.15, 0.2) is 61.3 Å². The summed E-state index contributed by atoms with van der Waals surface area (Å²) in [7, 11) is 0. The molecule has 0 amide bonds. The first-order chi connectivity index (χ1) is 17.7. The first-order valence-corrected chi connectivity index (χ1v) is 12.2. The predicted molar refractivity (Wildman–Crippen MR) is 145 cm³/mol. The number of pyridine rings is 2. The van der Waals surface area contributed by atoms with Gasteiger partial charge in [-0.2, -0.15) is 0 Å². The molecule has 0 spiro atoms. The van der Waals surface area contributed by atoms with E-state index in [0.717, 1.165) is 10.9 Å². The average molecular weight is 499 g/mol. The Hall–Kier alpha value is -4.53. The molecule has 6 rings (SSSR count). The second-order valence-corrected chi connectivity index (χ2v) is 10.1. The van der Waals surface area contributed by atoms with Gasteiger partial charge in [-0.05, 0) is 49.4 Å². The highest BCUT2D eigenvalue weighted by Crippen LogP contribution is 2.39. The quantitative estimate of drug-likeness (QED) is 0.321. The van der Waals surface area contributed by atoms with Gasteiger partial charge in [0.25, 0.3) is 11.1 Å². The van der Waals surface area contributed by atoms with Crippen molar-refractivity contribution in [3.05, 3.63) is 73.4 Å². The minimum absolute atomic E-state index is 0.00322. The van der Waals surface area contributed by atoms with Crippen molar-refractivity contribution in [1.29, 1.82) is 0 Å². The summed E-state index contributed by atoms with van der Waals surface area (Å²) in [4.78, 5) is 42.9. The Kier molecular flexibility index (Phi) is 4.95. The van der Waals surface area contributed by atoms with Gasteiger partial charge in [0.05, 0.1) is 22.0 Å². The van der Waals surface area contributed by atoms with Gasteiger partial charge in [0, 0.05) is 23.5 Å². The summed E-state index contributed by atoms with van der Waals surface area (Å²) < 4.78 is 9.51. The van der Waals surface area contributed by atoms with Crippen molar-refractivity contribution < 1.29 is 9.52 Å². The molecule has 37 heavy (non-hydrogen) atoms. The van der Waals surface area contributed by atoms with E-state index >= 15 is 0 Å². The van der Waals surface area contributed by atoms with Crippen LogP contribution < -0.4 is 16.5 Å². The number of aromatic amines is 2. The van der Waals surface area contributed by atoms with Crippen molar-refractivity contribution in [2.45, 2.75) is 40.3 Å². The Morgan fingerprint density at radius 2 is 1.76 bits per heavy atom. The number of benzene rings is 2. The van der Waals surface area contributed by atoms with E-state index in [4.69, 9.17) is 4.42 Å². The fourth-order valence-corrected chi connectivity index (χ4v) is 5.16. The van der Waals surface area contributed by atoms with Gasteiger partial charge in [0.15, 0.2) is 11.2 Å². The minimum atomic E-state index is -0.577. The fourth-order valence-electron chi connectivity index (χ4n) is 5.16. The molecule has 9 nitrogen and oxygen atoms in total. The SMILES string of the molecule is CC(C)Cn1c(=O)c(-c2c3oc4c(O)c(=O)ccc4c3[nH]c3c2c(=O)[nH]n3C(C)C)cc2ccccc21. The molecule has 0 bridgehead atoms. The zero-order chi connectivity index (χ0) is 26.2. The molecule has 0 aliphatic rings. The lowest BCUT2D eigenvalue weighted by Gasteiger charge is -2.16. The van der Waals surface area contributed by atoms with Crippen LogP contribution in [0.3, 0.4) is 0 Å². The van der Waals surface area contributed by atoms with Crippen molar-refractivity contribution in [3.8, 4) is 16.9 Å². The molecule has 0 saturated carbocycles. The molecule has 6 aromatic rings. The maximum atomic E-state index is 14.1. The lowest BCUT2D eigenvalue weighted by atomic mass is 10.0. The minimum Gasteiger partial charge on any atom is -0.502 e. The van der Waals surface area contributed by atoms with Gasteiger partial charge in [-0.15, -0.1) is 0 Å². The van der Waals surface area contributed by atoms with Crippen LogP contribution in [0.1, 0.15) is 33.7 Å². The van der Waals surface area contributed by atoms with E-state index in [2.05, 4.69) is 10.1 Å². The summed E-state index contributed by atoms with van der Waals surface area (Å²) in [6.45, 7) is 8.43. The van der Waals surface area contributed by atoms with Crippen LogP contribution in [-0.4, -0.2) is 24.4 Å². The van der Waals surface area contributed by atoms with Gasteiger partial charge in [0.2, 0.25) is 11.2 Å². The third-order valence-corrected chi connectivity index (χ3v) is 6.78. The maximum absolute atomic E-state index is 14.1. The zero-order valence-corrected chi connectivity index (χ0v) is 20.9. The summed E-state index contributed by atoms with van der Waals surface area (Å²) in [6, 6.07) is 12.1. The molecule has 0 radical (unpaired) electrons. The molecule has 4 heterocycles. The smallest absolute Gasteiger partial charge is 0.274 e. The summed E-state index contributed by atoms with van der Waals surface area (Å²) in [5.74, 6) is -0.321. The highest BCUT2D eigenvalue weighted by atomic mass is 16.4. The number of nitrogens with zero attached hydrogens (tertiary/aromatic N) is 2. The molecule has 0 fully saturated rings. The van der Waals surface area contributed by atoms with Crippen LogP contribution in [0.25, 0.3) is 55.1 Å². The number of para-hydroxylation sites is 1. The van der Waals surface area contributed by atoms with Crippen LogP contribution in [0, 0.1) is 5.92 Å². The Morgan fingerprint density at radius 3 is 2.49 bits per heavy atom. The normalized spacial score (nSPS) is 12.3. The Labute approximate surface area is 209 Å². The Balaban J connectivity index is 1.88. The van der Waals surface area contributed by atoms with E-state index in [0.29, 0.717) is 34.2 Å². The van der Waals surface area contributed by atoms with E-state index in [-0.39, 0.29) is 39.6 Å². The largest absolute Gasteiger partial charge is 0.502 e. The molecule has 2 aromatic carbocycles. The molecular formula is C28H26N4O5. The van der Waals surface area contributed by atoms with Crippen molar-refractivity contribution in [2.24, 2.45) is 5.92 Å². The van der Waals surface area contributed by atoms with Crippen LogP contribution in [0.4, 0.5) is 0 Å². The Morgan fingerprint density at radius 1 is 1.00 bits per heavy atom. The van der Waals surface area contributed by atoms with Gasteiger partial charge in [-0.1, -0.05) is 32.0 Å².